The van der Waals surface area contributed by atoms with Crippen LogP contribution in [0.15, 0.2) is 22.7 Å². The second-order valence-corrected chi connectivity index (χ2v) is 4.79. The Bertz CT molecular complexity index is 423. The molecule has 0 aliphatic rings. The maximum atomic E-state index is 11.1. The number of carbonyl (C=O) groups is 1. The molecule has 1 aromatic carbocycles. The highest BCUT2D eigenvalue weighted by Crippen LogP contribution is 2.24. The smallest absolute Gasteiger partial charge is 0.301 e. The fourth-order valence-electron chi connectivity index (χ4n) is 0.790. The molecular weight excluding hydrogens is 425 g/mol. The third kappa shape index (κ3) is 3.59. The monoisotopic (exact) mass is 427 g/mol. The van der Waals surface area contributed by atoms with Crippen molar-refractivity contribution in [3.05, 3.63) is 26.2 Å². The van der Waals surface area contributed by atoms with Crippen LogP contribution in [0, 0.1) is 14.3 Å². The van der Waals surface area contributed by atoms with Crippen molar-refractivity contribution in [1.29, 1.82) is 0 Å². The lowest BCUT2D eigenvalue weighted by Gasteiger charge is -2.04. The van der Waals surface area contributed by atoms with Gasteiger partial charge in [0.05, 0.1) is 5.69 Å². The van der Waals surface area contributed by atoms with Gasteiger partial charge < -0.3 is 5.32 Å². The molecule has 1 aromatic rings. The van der Waals surface area contributed by atoms with Gasteiger partial charge in [0.15, 0.2) is 0 Å². The van der Waals surface area contributed by atoms with Crippen LogP contribution in [0.1, 0.15) is 0 Å². The van der Waals surface area contributed by atoms with Gasteiger partial charge in [-0.3, -0.25) is 4.79 Å². The summed E-state index contributed by atoms with van der Waals surface area (Å²) in [5, 5.41) is 2.66. The van der Waals surface area contributed by atoms with Gasteiger partial charge in [-0.1, -0.05) is 0 Å². The molecule has 5 heteroatoms. The van der Waals surface area contributed by atoms with Crippen LogP contribution in [0.3, 0.4) is 0 Å². The Morgan fingerprint density at radius 1 is 1.50 bits per heavy atom. The minimum Gasteiger partial charge on any atom is -0.314 e. The summed E-state index contributed by atoms with van der Waals surface area (Å²) in [4.78, 5) is 13.5. The average molecular weight is 429 g/mol. The lowest BCUT2D eigenvalue weighted by molar-refractivity contribution is -0.111. The Kier molecular flexibility index (Phi) is 4.92. The molecule has 0 bridgehead atoms. The fourth-order valence-corrected chi connectivity index (χ4v) is 1.81. The molecule has 0 saturated carbocycles. The van der Waals surface area contributed by atoms with Crippen molar-refractivity contribution in [1.82, 2.24) is 0 Å². The van der Waals surface area contributed by atoms with E-state index in [1.807, 2.05) is 18.2 Å². The molecule has 1 N–H and O–H groups in total. The first-order valence-corrected chi connectivity index (χ1v) is 6.17. The molecule has 2 nitrogen and oxygen atoms in total. The van der Waals surface area contributed by atoms with Crippen LogP contribution in [-0.2, 0) is 4.79 Å². The Balaban J connectivity index is 2.89. The van der Waals surface area contributed by atoms with Crippen LogP contribution < -0.4 is 5.32 Å². The number of benzene rings is 1. The normalized spacial score (nSPS) is 8.79. The molecule has 72 valence electrons. The zero-order chi connectivity index (χ0) is 10.6. The van der Waals surface area contributed by atoms with E-state index in [0.717, 1.165) is 13.7 Å². The molecule has 1 rings (SSSR count). The van der Waals surface area contributed by atoms with Gasteiger partial charge in [0, 0.05) is 29.9 Å². The van der Waals surface area contributed by atoms with E-state index in [4.69, 9.17) is 0 Å². The van der Waals surface area contributed by atoms with Crippen molar-refractivity contribution in [3.63, 3.8) is 0 Å². The van der Waals surface area contributed by atoms with Gasteiger partial charge in [0.25, 0.3) is 0 Å². The summed E-state index contributed by atoms with van der Waals surface area (Å²) in [6.07, 6.45) is 0. The lowest BCUT2D eigenvalue weighted by atomic mass is 10.3. The van der Waals surface area contributed by atoms with E-state index in [0.29, 0.717) is 0 Å². The fraction of sp³-hybridized carbons (Fsp3) is 0. The maximum Gasteiger partial charge on any atom is 0.301 e. The molecule has 1 amide bonds. The highest BCUT2D eigenvalue weighted by molar-refractivity contribution is 14.1. The number of halogens is 3. The van der Waals surface area contributed by atoms with Gasteiger partial charge in [-0.2, -0.15) is 0 Å². The number of rotatable bonds is 1. The zero-order valence-corrected chi connectivity index (χ0v) is 12.1. The molecule has 0 aliphatic carbocycles. The average Bonchev–Trinajstić information content (AvgIpc) is 2.12. The van der Waals surface area contributed by atoms with E-state index in [1.54, 1.807) is 0 Å². The summed E-state index contributed by atoms with van der Waals surface area (Å²) >= 11 is 8.37. The van der Waals surface area contributed by atoms with Gasteiger partial charge in [0.2, 0.25) is 0 Å². The Morgan fingerprint density at radius 2 is 2.21 bits per heavy atom. The van der Waals surface area contributed by atoms with Gasteiger partial charge in [0.1, 0.15) is 0 Å². The van der Waals surface area contributed by atoms with Crippen molar-refractivity contribution < 1.29 is 4.79 Å². The quantitative estimate of drug-likeness (QED) is 0.539. The predicted molar refractivity (Wildman–Crippen MR) is 72.2 cm³/mol. The zero-order valence-electron chi connectivity index (χ0n) is 6.77. The van der Waals surface area contributed by atoms with Crippen LogP contribution in [0.2, 0.25) is 0 Å². The highest BCUT2D eigenvalue weighted by atomic mass is 127. The number of anilines is 1. The first-order valence-electron chi connectivity index (χ1n) is 3.51. The maximum absolute atomic E-state index is 11.1. The first kappa shape index (κ1) is 12.0. The summed E-state index contributed by atoms with van der Waals surface area (Å²) in [5.41, 5.74) is 0.720. The molecule has 0 fully saturated rings. The van der Waals surface area contributed by atoms with Gasteiger partial charge in [-0.15, -0.1) is 0 Å². The third-order valence-electron chi connectivity index (χ3n) is 1.34. The second kappa shape index (κ2) is 5.73. The van der Waals surface area contributed by atoms with Crippen molar-refractivity contribution in [2.45, 2.75) is 0 Å². The third-order valence-corrected chi connectivity index (χ3v) is 2.90. The number of carbonyl (C=O) groups excluding carboxylic acids is 1. The molecule has 14 heavy (non-hydrogen) atoms. The van der Waals surface area contributed by atoms with Crippen molar-refractivity contribution in [2.75, 3.05) is 5.32 Å². The van der Waals surface area contributed by atoms with Crippen molar-refractivity contribution in [2.24, 2.45) is 0 Å². The van der Waals surface area contributed by atoms with Crippen LogP contribution in [0.25, 0.3) is 0 Å². The minimum atomic E-state index is -0.343. The van der Waals surface area contributed by atoms with Gasteiger partial charge in [-0.25, -0.2) is 0 Å². The lowest BCUT2D eigenvalue weighted by Crippen LogP contribution is -2.08. The second-order valence-electron chi connectivity index (χ2n) is 2.30. The van der Waals surface area contributed by atoms with E-state index >= 15 is 0 Å². The topological polar surface area (TPSA) is 29.1 Å². The number of nitrogens with one attached hydrogen (secondary N) is 1. The minimum absolute atomic E-state index is 0.343. The number of hydrogen-bond donors (Lipinski definition) is 1. The van der Waals surface area contributed by atoms with Crippen LogP contribution >= 0.6 is 54.5 Å². The summed E-state index contributed by atoms with van der Waals surface area (Å²) in [7, 11) is 0. The molecule has 0 atom stereocenters. The molecule has 0 unspecified atom stereocenters. The standard InChI is InChI=1S/C9H4Br2INO/c10-4-3-9(14)13-8-5-6(12)1-2-7(8)11/h1-2,5H,(H,13,14). The van der Waals surface area contributed by atoms with Crippen LogP contribution in [0.5, 0.6) is 0 Å². The summed E-state index contributed by atoms with van der Waals surface area (Å²) in [5.74, 6) is 1.99. The number of hydrogen-bond acceptors (Lipinski definition) is 1. The van der Waals surface area contributed by atoms with E-state index in [1.165, 1.54) is 0 Å². The molecule has 0 saturated heterocycles. The van der Waals surface area contributed by atoms with E-state index in [2.05, 4.69) is 70.5 Å². The van der Waals surface area contributed by atoms with Gasteiger partial charge in [-0.05, 0) is 61.5 Å². The first-order chi connectivity index (χ1) is 6.63. The predicted octanol–water partition coefficient (Wildman–Crippen LogP) is 3.35. The molecule has 0 heterocycles. The Morgan fingerprint density at radius 3 is 2.86 bits per heavy atom. The van der Waals surface area contributed by atoms with Gasteiger partial charge >= 0.3 is 5.91 Å². The van der Waals surface area contributed by atoms with E-state index in [9.17, 15) is 4.79 Å². The van der Waals surface area contributed by atoms with Crippen LogP contribution in [0.4, 0.5) is 5.69 Å². The van der Waals surface area contributed by atoms with E-state index in [-0.39, 0.29) is 5.91 Å². The number of amides is 1. The molecule has 0 spiro atoms. The summed E-state index contributed by atoms with van der Waals surface area (Å²) < 4.78 is 1.88. The molecule has 0 aliphatic heterocycles. The van der Waals surface area contributed by atoms with Crippen LogP contribution in [-0.4, -0.2) is 5.91 Å². The van der Waals surface area contributed by atoms with E-state index < -0.39 is 0 Å². The Hall–Kier alpha value is -0.0600. The van der Waals surface area contributed by atoms with Crippen molar-refractivity contribution >= 4 is 66.0 Å². The highest BCUT2D eigenvalue weighted by Gasteiger charge is 2.03. The molecular formula is C9H4Br2INO. The Labute approximate surface area is 112 Å². The summed E-state index contributed by atoms with van der Waals surface area (Å²) in [6, 6.07) is 5.67. The SMILES string of the molecule is O=C(C#CBr)Nc1cc(I)ccc1Br. The molecule has 0 radical (unpaired) electrons. The summed E-state index contributed by atoms with van der Waals surface area (Å²) in [6.45, 7) is 0. The van der Waals surface area contributed by atoms with Crippen molar-refractivity contribution in [3.8, 4) is 10.8 Å². The molecule has 0 aromatic heterocycles. The largest absolute Gasteiger partial charge is 0.314 e.